The predicted octanol–water partition coefficient (Wildman–Crippen LogP) is -0.650. The molecule has 0 aliphatic rings. The quantitative estimate of drug-likeness (QED) is 0.495. The first-order valence-corrected chi connectivity index (χ1v) is 3.07. The van der Waals surface area contributed by atoms with Crippen molar-refractivity contribution in [3.8, 4) is 5.75 Å². The second kappa shape index (κ2) is 3.08. The van der Waals surface area contributed by atoms with E-state index in [-0.39, 0.29) is 0 Å². The van der Waals surface area contributed by atoms with Crippen LogP contribution in [0.25, 0.3) is 0 Å². The van der Waals surface area contributed by atoms with Crippen LogP contribution in [0.2, 0.25) is 0 Å². The van der Waals surface area contributed by atoms with E-state index in [0.29, 0.717) is 12.1 Å². The normalized spacial score (nSPS) is 10.0. The van der Waals surface area contributed by atoms with E-state index < -0.39 is 30.0 Å². The molecule has 3 N–H and O–H groups in total. The number of rotatable bonds is 1. The van der Waals surface area contributed by atoms with Crippen molar-refractivity contribution >= 4 is 12.6 Å². The summed E-state index contributed by atoms with van der Waals surface area (Å²) >= 11 is 0. The fourth-order valence-corrected chi connectivity index (χ4v) is 0.802. The lowest BCUT2D eigenvalue weighted by Crippen LogP contribution is -2.33. The average Bonchev–Trinajstić information content (AvgIpc) is 1.97. The third-order valence-electron chi connectivity index (χ3n) is 1.37. The van der Waals surface area contributed by atoms with Gasteiger partial charge >= 0.3 is 7.12 Å². The topological polar surface area (TPSA) is 60.7 Å². The molecule has 64 valence electrons. The minimum atomic E-state index is -2.22. The second-order valence-corrected chi connectivity index (χ2v) is 2.17. The molecule has 3 nitrogen and oxygen atoms in total. The number of phenols is 1. The Hall–Kier alpha value is -1.14. The highest BCUT2D eigenvalue weighted by molar-refractivity contribution is 6.59. The summed E-state index contributed by atoms with van der Waals surface area (Å²) in [6.07, 6.45) is 0. The molecule has 6 heteroatoms. The standard InChI is InChI=1S/C6H5BF2O3/c8-3-1-2-4(9)6(10)5(3)7(11)12/h1-2,10-12H. The van der Waals surface area contributed by atoms with Crippen LogP contribution >= 0.6 is 0 Å². The number of benzene rings is 1. The summed E-state index contributed by atoms with van der Waals surface area (Å²) in [5.41, 5.74) is -0.852. The molecule has 0 aromatic heterocycles. The molecular weight excluding hydrogens is 169 g/mol. The van der Waals surface area contributed by atoms with Gasteiger partial charge in [0, 0.05) is 0 Å². The van der Waals surface area contributed by atoms with Crippen LogP contribution in [0.4, 0.5) is 8.78 Å². The van der Waals surface area contributed by atoms with Crippen molar-refractivity contribution in [3.05, 3.63) is 23.8 Å². The van der Waals surface area contributed by atoms with E-state index >= 15 is 0 Å². The van der Waals surface area contributed by atoms with E-state index in [1.807, 2.05) is 0 Å². The summed E-state index contributed by atoms with van der Waals surface area (Å²) < 4.78 is 25.1. The molecule has 1 rings (SSSR count). The van der Waals surface area contributed by atoms with Crippen molar-refractivity contribution in [1.82, 2.24) is 0 Å². The van der Waals surface area contributed by atoms with Gasteiger partial charge in [-0.05, 0) is 12.1 Å². The molecule has 0 spiro atoms. The molecule has 0 aliphatic carbocycles. The van der Waals surface area contributed by atoms with Gasteiger partial charge in [0.15, 0.2) is 11.6 Å². The van der Waals surface area contributed by atoms with Gasteiger partial charge in [-0.3, -0.25) is 0 Å². The highest BCUT2D eigenvalue weighted by atomic mass is 19.1. The van der Waals surface area contributed by atoms with Crippen LogP contribution in [0, 0.1) is 11.6 Å². The fourth-order valence-electron chi connectivity index (χ4n) is 0.802. The van der Waals surface area contributed by atoms with Gasteiger partial charge in [0.1, 0.15) is 5.82 Å². The molecule has 0 saturated heterocycles. The maximum atomic E-state index is 12.6. The SMILES string of the molecule is OB(O)c1c(F)ccc(F)c1O. The number of aromatic hydroxyl groups is 1. The zero-order valence-electron chi connectivity index (χ0n) is 5.83. The van der Waals surface area contributed by atoms with E-state index in [0.717, 1.165) is 0 Å². The molecule has 0 bridgehead atoms. The first-order valence-electron chi connectivity index (χ1n) is 3.07. The fraction of sp³-hybridized carbons (Fsp3) is 0. The number of hydrogen-bond acceptors (Lipinski definition) is 3. The van der Waals surface area contributed by atoms with E-state index in [4.69, 9.17) is 15.2 Å². The van der Waals surface area contributed by atoms with Crippen LogP contribution in [0.5, 0.6) is 5.75 Å². The molecule has 0 heterocycles. The summed E-state index contributed by atoms with van der Waals surface area (Å²) in [6, 6.07) is 1.39. The minimum Gasteiger partial charge on any atom is -0.505 e. The Labute approximate surface area is 67.0 Å². The summed E-state index contributed by atoms with van der Waals surface area (Å²) in [5, 5.41) is 25.8. The third kappa shape index (κ3) is 1.39. The monoisotopic (exact) mass is 174 g/mol. The molecule has 12 heavy (non-hydrogen) atoms. The van der Waals surface area contributed by atoms with Gasteiger partial charge in [0.25, 0.3) is 0 Å². The largest absolute Gasteiger partial charge is 0.505 e. The average molecular weight is 174 g/mol. The molecule has 0 saturated carbocycles. The van der Waals surface area contributed by atoms with E-state index in [2.05, 4.69) is 0 Å². The van der Waals surface area contributed by atoms with E-state index in [9.17, 15) is 8.78 Å². The smallest absolute Gasteiger partial charge is 0.495 e. The first kappa shape index (κ1) is 8.96. The Kier molecular flexibility index (Phi) is 2.30. The lowest BCUT2D eigenvalue weighted by atomic mass is 9.79. The Morgan fingerprint density at radius 2 is 1.58 bits per heavy atom. The highest BCUT2D eigenvalue weighted by Gasteiger charge is 2.23. The Morgan fingerprint density at radius 1 is 1.08 bits per heavy atom. The zero-order valence-corrected chi connectivity index (χ0v) is 5.83. The number of hydrogen-bond donors (Lipinski definition) is 3. The summed E-state index contributed by atoms with van der Waals surface area (Å²) in [6.45, 7) is 0. The summed E-state index contributed by atoms with van der Waals surface area (Å²) in [7, 11) is -2.22. The maximum Gasteiger partial charge on any atom is 0.495 e. The van der Waals surface area contributed by atoms with Crippen molar-refractivity contribution in [3.63, 3.8) is 0 Å². The Balaban J connectivity index is 3.33. The van der Waals surface area contributed by atoms with Crippen LogP contribution in [0.1, 0.15) is 0 Å². The Morgan fingerprint density at radius 3 is 2.00 bits per heavy atom. The summed E-state index contributed by atoms with van der Waals surface area (Å²) in [4.78, 5) is 0. The van der Waals surface area contributed by atoms with Gasteiger partial charge in [-0.15, -0.1) is 0 Å². The minimum absolute atomic E-state index is 0.691. The zero-order chi connectivity index (χ0) is 9.30. The maximum absolute atomic E-state index is 12.6. The van der Waals surface area contributed by atoms with Crippen LogP contribution in [0.3, 0.4) is 0 Å². The van der Waals surface area contributed by atoms with Crippen LogP contribution in [0.15, 0.2) is 12.1 Å². The highest BCUT2D eigenvalue weighted by Crippen LogP contribution is 2.13. The third-order valence-corrected chi connectivity index (χ3v) is 1.37. The second-order valence-electron chi connectivity index (χ2n) is 2.17. The van der Waals surface area contributed by atoms with E-state index in [1.54, 1.807) is 0 Å². The molecule has 0 aliphatic heterocycles. The summed E-state index contributed by atoms with van der Waals surface area (Å²) in [5.74, 6) is -3.24. The lowest BCUT2D eigenvalue weighted by Gasteiger charge is -2.04. The molecule has 0 radical (unpaired) electrons. The lowest BCUT2D eigenvalue weighted by molar-refractivity contribution is 0.404. The Bertz CT molecular complexity index is 303. The molecule has 0 fully saturated rings. The molecule has 0 amide bonds. The van der Waals surface area contributed by atoms with Gasteiger partial charge in [0.2, 0.25) is 0 Å². The van der Waals surface area contributed by atoms with E-state index in [1.165, 1.54) is 0 Å². The van der Waals surface area contributed by atoms with Crippen molar-refractivity contribution in [2.24, 2.45) is 0 Å². The van der Waals surface area contributed by atoms with Gasteiger partial charge in [0.05, 0.1) is 5.46 Å². The molecule has 0 atom stereocenters. The molecular formula is C6H5BF2O3. The van der Waals surface area contributed by atoms with Crippen molar-refractivity contribution in [2.75, 3.05) is 0 Å². The van der Waals surface area contributed by atoms with Crippen molar-refractivity contribution < 1.29 is 23.9 Å². The molecule has 0 unspecified atom stereocenters. The first-order chi connectivity index (χ1) is 5.54. The predicted molar refractivity (Wildman–Crippen MR) is 37.8 cm³/mol. The number of phenolic OH excluding ortho intramolecular Hbond substituents is 1. The van der Waals surface area contributed by atoms with Crippen molar-refractivity contribution in [1.29, 1.82) is 0 Å². The molecule has 1 aromatic carbocycles. The number of halogens is 2. The molecule has 1 aromatic rings. The van der Waals surface area contributed by atoms with Gasteiger partial charge in [-0.2, -0.15) is 0 Å². The van der Waals surface area contributed by atoms with Gasteiger partial charge in [-0.1, -0.05) is 0 Å². The van der Waals surface area contributed by atoms with Gasteiger partial charge < -0.3 is 15.2 Å². The van der Waals surface area contributed by atoms with Crippen LogP contribution < -0.4 is 5.46 Å². The van der Waals surface area contributed by atoms with Crippen LogP contribution in [-0.2, 0) is 0 Å². The van der Waals surface area contributed by atoms with Crippen LogP contribution in [-0.4, -0.2) is 22.3 Å². The van der Waals surface area contributed by atoms with Crippen molar-refractivity contribution in [2.45, 2.75) is 0 Å². The van der Waals surface area contributed by atoms with Gasteiger partial charge in [-0.25, -0.2) is 8.78 Å².